The van der Waals surface area contributed by atoms with E-state index in [1.165, 1.54) is 30.2 Å². The van der Waals surface area contributed by atoms with E-state index >= 15 is 0 Å². The number of nitrogens with zero attached hydrogens (tertiary/aromatic N) is 1. The van der Waals surface area contributed by atoms with Crippen molar-refractivity contribution < 1.29 is 22.6 Å². The molecule has 0 spiro atoms. The molecule has 3 aliphatic heterocycles. The fourth-order valence-electron chi connectivity index (χ4n) is 8.55. The molecule has 0 amide bonds. The molecule has 6 aliphatic rings. The van der Waals surface area contributed by atoms with Crippen LogP contribution in [0.3, 0.4) is 0 Å². The first-order valence-electron chi connectivity index (χ1n) is 13.4. The van der Waals surface area contributed by atoms with Crippen molar-refractivity contribution >= 4 is 9.84 Å². The minimum absolute atomic E-state index is 0.0167. The van der Waals surface area contributed by atoms with Crippen LogP contribution in [0.15, 0.2) is 11.1 Å². The van der Waals surface area contributed by atoms with Crippen LogP contribution in [0, 0.1) is 28.1 Å². The van der Waals surface area contributed by atoms with Gasteiger partial charge in [-0.3, -0.25) is 4.90 Å². The van der Waals surface area contributed by atoms with E-state index < -0.39 is 9.84 Å². The van der Waals surface area contributed by atoms with Crippen molar-refractivity contribution in [1.82, 2.24) is 4.90 Å². The Bertz CT molecular complexity index is 1000. The van der Waals surface area contributed by atoms with Gasteiger partial charge in [0.15, 0.2) is 16.1 Å². The van der Waals surface area contributed by atoms with Crippen LogP contribution in [0.4, 0.5) is 0 Å². The average molecular weight is 494 g/mol. The molecular formula is C27H43NO5S. The molecule has 3 aliphatic carbocycles. The summed E-state index contributed by atoms with van der Waals surface area (Å²) in [6.07, 6.45) is 7.36. The second kappa shape index (κ2) is 7.53. The second-order valence-electron chi connectivity index (χ2n) is 13.5. The van der Waals surface area contributed by atoms with Crippen molar-refractivity contribution in [1.29, 1.82) is 0 Å². The Morgan fingerprint density at radius 2 is 1.82 bits per heavy atom. The van der Waals surface area contributed by atoms with Crippen molar-refractivity contribution in [2.45, 2.75) is 96.6 Å². The lowest BCUT2D eigenvalue weighted by molar-refractivity contribution is -0.226. The minimum Gasteiger partial charge on any atom is -0.377 e. The highest BCUT2D eigenvalue weighted by molar-refractivity contribution is 7.91. The molecule has 0 N–H and O–H groups in total. The zero-order chi connectivity index (χ0) is 24.3. The maximum absolute atomic E-state index is 11.9. The highest BCUT2D eigenvalue weighted by Crippen LogP contribution is 2.66. The molecule has 6 rings (SSSR count). The number of sulfone groups is 1. The fourth-order valence-corrected chi connectivity index (χ4v) is 9.52. The van der Waals surface area contributed by atoms with Gasteiger partial charge in [0.1, 0.15) is 6.10 Å². The van der Waals surface area contributed by atoms with Crippen LogP contribution in [-0.4, -0.2) is 75.7 Å². The van der Waals surface area contributed by atoms with E-state index in [1.54, 1.807) is 0 Å². The van der Waals surface area contributed by atoms with Gasteiger partial charge in [0.25, 0.3) is 0 Å². The van der Waals surface area contributed by atoms with Crippen molar-refractivity contribution in [2.24, 2.45) is 28.1 Å². The average Bonchev–Trinajstić information content (AvgIpc) is 3.08. The predicted molar refractivity (Wildman–Crippen MR) is 131 cm³/mol. The molecule has 0 radical (unpaired) electrons. The SMILES string of the molecule is CC1=C2[C@H]3O[C@@H](CN4CC(S(C)(=O)=O)C4)O[C@H]3[C@]3(C)CC[C@H]4OC[C@H]4C3C[C@](C)(CC1)C2(C)C. The van der Waals surface area contributed by atoms with Gasteiger partial charge in [0.2, 0.25) is 0 Å². The van der Waals surface area contributed by atoms with E-state index in [4.69, 9.17) is 14.2 Å². The Labute approximate surface area is 205 Å². The standard InChI is InChI=1S/C27H43NO5S/c1-16-7-9-26(4)11-19-18-15-31-20(18)8-10-27(19,5)24-23(22(16)25(26,2)3)32-21(33-24)14-28-12-17(13-28)34(6,29)30/h17-21,23-24H,7-15H2,1-6H3/t18-,19?,20+,21+,23+,24+,26-,27+/m0/s1. The van der Waals surface area contributed by atoms with Crippen LogP contribution in [-0.2, 0) is 24.0 Å². The first-order valence-corrected chi connectivity index (χ1v) is 15.3. The van der Waals surface area contributed by atoms with Gasteiger partial charge in [0, 0.05) is 37.2 Å². The quantitative estimate of drug-likeness (QED) is 0.557. The van der Waals surface area contributed by atoms with Gasteiger partial charge < -0.3 is 14.2 Å². The largest absolute Gasteiger partial charge is 0.377 e. The second-order valence-corrected chi connectivity index (χ2v) is 15.8. The highest BCUT2D eigenvalue weighted by atomic mass is 32.2. The van der Waals surface area contributed by atoms with Crippen molar-refractivity contribution in [2.75, 3.05) is 32.5 Å². The summed E-state index contributed by atoms with van der Waals surface area (Å²) in [6.45, 7) is 14.9. The Morgan fingerprint density at radius 1 is 1.09 bits per heavy atom. The lowest BCUT2D eigenvalue weighted by Crippen LogP contribution is -2.63. The van der Waals surface area contributed by atoms with Crippen LogP contribution < -0.4 is 0 Å². The van der Waals surface area contributed by atoms with Crippen molar-refractivity contribution in [3.05, 3.63) is 11.1 Å². The number of rotatable bonds is 3. The number of hydrogen-bond acceptors (Lipinski definition) is 6. The smallest absolute Gasteiger partial charge is 0.171 e. The maximum atomic E-state index is 11.9. The summed E-state index contributed by atoms with van der Waals surface area (Å²) >= 11 is 0. The number of hydrogen-bond donors (Lipinski definition) is 0. The summed E-state index contributed by atoms with van der Waals surface area (Å²) < 4.78 is 43.5. The first-order chi connectivity index (χ1) is 15.8. The normalized spacial score (nSPS) is 48.6. The monoisotopic (exact) mass is 493 g/mol. The van der Waals surface area contributed by atoms with Crippen LogP contribution >= 0.6 is 0 Å². The van der Waals surface area contributed by atoms with Crippen molar-refractivity contribution in [3.63, 3.8) is 0 Å². The zero-order valence-corrected chi connectivity index (χ0v) is 22.6. The van der Waals surface area contributed by atoms with Gasteiger partial charge in [-0.25, -0.2) is 8.42 Å². The summed E-state index contributed by atoms with van der Waals surface area (Å²) in [5.74, 6) is 1.21. The highest BCUT2D eigenvalue weighted by Gasteiger charge is 2.65. The number of likely N-dealkylation sites (tertiary alicyclic amines) is 1. The topological polar surface area (TPSA) is 65.1 Å². The summed E-state index contributed by atoms with van der Waals surface area (Å²) in [5.41, 5.74) is 3.32. The van der Waals surface area contributed by atoms with E-state index in [2.05, 4.69) is 39.5 Å². The fraction of sp³-hybridized carbons (Fsp3) is 0.926. The molecule has 5 fully saturated rings. The van der Waals surface area contributed by atoms with Crippen LogP contribution in [0.2, 0.25) is 0 Å². The van der Waals surface area contributed by atoms with Gasteiger partial charge in [-0.1, -0.05) is 33.3 Å². The predicted octanol–water partition coefficient (Wildman–Crippen LogP) is 3.80. The molecule has 0 aromatic heterocycles. The molecule has 0 aromatic carbocycles. The lowest BCUT2D eigenvalue weighted by atomic mass is 9.44. The molecule has 6 nitrogen and oxygen atoms in total. The third-order valence-electron chi connectivity index (χ3n) is 11.4. The van der Waals surface area contributed by atoms with E-state index in [0.717, 1.165) is 25.9 Å². The third kappa shape index (κ3) is 3.29. The number of fused-ring (bicyclic) bond motifs is 8. The number of allylic oxidation sites excluding steroid dienone is 1. The third-order valence-corrected chi connectivity index (χ3v) is 12.9. The van der Waals surface area contributed by atoms with Gasteiger partial charge in [-0.05, 0) is 61.3 Å². The van der Waals surface area contributed by atoms with E-state index in [1.807, 2.05) is 0 Å². The first kappa shape index (κ1) is 23.9. The Kier molecular flexibility index (Phi) is 5.29. The molecule has 3 saturated heterocycles. The molecule has 7 heteroatoms. The Hall–Kier alpha value is -0.470. The Balaban J connectivity index is 1.34. The molecule has 0 aromatic rings. The van der Waals surface area contributed by atoms with E-state index in [9.17, 15) is 8.42 Å². The lowest BCUT2D eigenvalue weighted by Gasteiger charge is -2.63. The molecule has 1 unspecified atom stereocenters. The molecule has 2 bridgehead atoms. The van der Waals surface area contributed by atoms with Gasteiger partial charge in [0.05, 0.1) is 24.1 Å². The van der Waals surface area contributed by atoms with Gasteiger partial charge >= 0.3 is 0 Å². The van der Waals surface area contributed by atoms with Gasteiger partial charge in [-0.2, -0.15) is 0 Å². The summed E-state index contributed by atoms with van der Waals surface area (Å²) in [5, 5.41) is -0.249. The maximum Gasteiger partial charge on any atom is 0.171 e. The molecular weight excluding hydrogens is 450 g/mol. The summed E-state index contributed by atoms with van der Waals surface area (Å²) in [4.78, 5) is 2.18. The van der Waals surface area contributed by atoms with Crippen LogP contribution in [0.5, 0.6) is 0 Å². The minimum atomic E-state index is -2.98. The zero-order valence-electron chi connectivity index (χ0n) is 21.8. The van der Waals surface area contributed by atoms with Crippen molar-refractivity contribution in [3.8, 4) is 0 Å². The molecule has 3 heterocycles. The van der Waals surface area contributed by atoms with Crippen LogP contribution in [0.25, 0.3) is 0 Å². The molecule has 34 heavy (non-hydrogen) atoms. The molecule has 8 atom stereocenters. The molecule has 192 valence electrons. The Morgan fingerprint density at radius 3 is 2.47 bits per heavy atom. The van der Waals surface area contributed by atoms with Crippen LogP contribution in [0.1, 0.15) is 66.7 Å². The summed E-state index contributed by atoms with van der Waals surface area (Å²) in [7, 11) is -2.98. The van der Waals surface area contributed by atoms with E-state index in [0.29, 0.717) is 37.6 Å². The summed E-state index contributed by atoms with van der Waals surface area (Å²) in [6, 6.07) is 0. The van der Waals surface area contributed by atoms with E-state index in [-0.39, 0.29) is 40.0 Å². The number of ether oxygens (including phenoxy) is 3. The molecule has 2 saturated carbocycles. The van der Waals surface area contributed by atoms with Gasteiger partial charge in [-0.15, -0.1) is 0 Å².